The van der Waals surface area contributed by atoms with Gasteiger partial charge in [0.1, 0.15) is 5.82 Å². The van der Waals surface area contributed by atoms with E-state index in [1.54, 1.807) is 14.2 Å². The third kappa shape index (κ3) is 4.11. The number of ether oxygens (including phenoxy) is 2. The molecule has 5 heteroatoms. The van der Waals surface area contributed by atoms with Crippen LogP contribution in [0.5, 0.6) is 11.5 Å². The minimum absolute atomic E-state index is 0.707. The van der Waals surface area contributed by atoms with Crippen LogP contribution in [0.15, 0.2) is 12.1 Å². The summed E-state index contributed by atoms with van der Waals surface area (Å²) in [5.74, 6) is 3.15. The van der Waals surface area contributed by atoms with E-state index in [9.17, 15) is 0 Å². The number of methoxy groups -OCH3 is 2. The average Bonchev–Trinajstić information content (AvgIpc) is 2.86. The molecule has 0 atom stereocenters. The van der Waals surface area contributed by atoms with Gasteiger partial charge in [-0.25, -0.2) is 4.98 Å². The van der Waals surface area contributed by atoms with E-state index in [0.717, 1.165) is 48.0 Å². The van der Waals surface area contributed by atoms with E-state index < -0.39 is 0 Å². The number of nitrogens with one attached hydrogen (secondary N) is 2. The van der Waals surface area contributed by atoms with E-state index >= 15 is 0 Å². The predicted octanol–water partition coefficient (Wildman–Crippen LogP) is 2.76. The summed E-state index contributed by atoms with van der Waals surface area (Å²) in [5.41, 5.74) is 1.88. The Hall–Kier alpha value is -1.75. The standard InChI is InChI=1S/C16H25N3O2/c1-11(2)5-7-17-8-6-16-18-12-9-14(20-3)15(21-4)10-13(12)19-16/h9-11,17H,5-8H2,1-4H3,(H,18,19). The molecule has 2 aromatic rings. The number of hydrogen-bond donors (Lipinski definition) is 2. The van der Waals surface area contributed by atoms with Crippen molar-refractivity contribution in [2.45, 2.75) is 26.7 Å². The van der Waals surface area contributed by atoms with Crippen molar-refractivity contribution in [3.05, 3.63) is 18.0 Å². The molecule has 2 rings (SSSR count). The number of rotatable bonds is 8. The molecule has 2 N–H and O–H groups in total. The quantitative estimate of drug-likeness (QED) is 0.734. The van der Waals surface area contributed by atoms with Gasteiger partial charge in [0.25, 0.3) is 0 Å². The first kappa shape index (κ1) is 15.6. The first-order valence-electron chi connectivity index (χ1n) is 7.45. The smallest absolute Gasteiger partial charge is 0.163 e. The molecule has 0 saturated heterocycles. The van der Waals surface area contributed by atoms with E-state index in [-0.39, 0.29) is 0 Å². The van der Waals surface area contributed by atoms with Gasteiger partial charge in [0, 0.05) is 25.1 Å². The third-order valence-corrected chi connectivity index (χ3v) is 3.47. The van der Waals surface area contributed by atoms with Gasteiger partial charge in [-0.2, -0.15) is 0 Å². The van der Waals surface area contributed by atoms with Crippen molar-refractivity contribution in [1.29, 1.82) is 0 Å². The van der Waals surface area contributed by atoms with Crippen LogP contribution in [0.25, 0.3) is 11.0 Å². The lowest BCUT2D eigenvalue weighted by Gasteiger charge is -2.06. The largest absolute Gasteiger partial charge is 0.493 e. The highest BCUT2D eigenvalue weighted by atomic mass is 16.5. The monoisotopic (exact) mass is 291 g/mol. The molecule has 0 aliphatic heterocycles. The van der Waals surface area contributed by atoms with Crippen LogP contribution in [0.2, 0.25) is 0 Å². The highest BCUT2D eigenvalue weighted by Crippen LogP contribution is 2.30. The molecule has 0 bridgehead atoms. The van der Waals surface area contributed by atoms with Gasteiger partial charge >= 0.3 is 0 Å². The number of hydrogen-bond acceptors (Lipinski definition) is 4. The first-order valence-corrected chi connectivity index (χ1v) is 7.45. The predicted molar refractivity (Wildman–Crippen MR) is 85.2 cm³/mol. The van der Waals surface area contributed by atoms with E-state index in [0.29, 0.717) is 5.75 Å². The number of H-pyrrole nitrogens is 1. The Morgan fingerprint density at radius 1 is 1.14 bits per heavy atom. The minimum Gasteiger partial charge on any atom is -0.493 e. The number of imidazole rings is 1. The molecule has 1 aromatic heterocycles. The number of nitrogens with zero attached hydrogens (tertiary/aromatic N) is 1. The van der Waals surface area contributed by atoms with Gasteiger partial charge < -0.3 is 19.8 Å². The van der Waals surface area contributed by atoms with E-state index in [4.69, 9.17) is 9.47 Å². The fourth-order valence-corrected chi connectivity index (χ4v) is 2.23. The fraction of sp³-hybridized carbons (Fsp3) is 0.562. The molecule has 0 amide bonds. The molecule has 0 aliphatic carbocycles. The number of fused-ring (bicyclic) bond motifs is 1. The van der Waals surface area contributed by atoms with Crippen molar-refractivity contribution in [1.82, 2.24) is 15.3 Å². The van der Waals surface area contributed by atoms with Gasteiger partial charge in [-0.15, -0.1) is 0 Å². The summed E-state index contributed by atoms with van der Waals surface area (Å²) < 4.78 is 10.6. The van der Waals surface area contributed by atoms with E-state index in [1.807, 2.05) is 12.1 Å². The molecular formula is C16H25N3O2. The zero-order chi connectivity index (χ0) is 15.2. The lowest BCUT2D eigenvalue weighted by Crippen LogP contribution is -2.20. The van der Waals surface area contributed by atoms with Crippen LogP contribution in [-0.2, 0) is 6.42 Å². The number of benzene rings is 1. The van der Waals surface area contributed by atoms with Crippen LogP contribution in [0.3, 0.4) is 0 Å². The Kier molecular flexibility index (Phi) is 5.44. The van der Waals surface area contributed by atoms with Crippen molar-refractivity contribution in [2.75, 3.05) is 27.3 Å². The second-order valence-electron chi connectivity index (χ2n) is 5.59. The van der Waals surface area contributed by atoms with Crippen LogP contribution >= 0.6 is 0 Å². The molecule has 21 heavy (non-hydrogen) atoms. The van der Waals surface area contributed by atoms with Gasteiger partial charge in [0.05, 0.1) is 25.3 Å². The van der Waals surface area contributed by atoms with Crippen LogP contribution in [0.1, 0.15) is 26.1 Å². The Bertz CT molecular complexity index is 537. The summed E-state index contributed by atoms with van der Waals surface area (Å²) in [6.45, 7) is 6.46. The van der Waals surface area contributed by atoms with Gasteiger partial charge in [-0.05, 0) is 18.9 Å². The molecule has 0 unspecified atom stereocenters. The summed E-state index contributed by atoms with van der Waals surface area (Å²) in [6, 6.07) is 3.83. The Labute approximate surface area is 126 Å². The van der Waals surface area contributed by atoms with Crippen molar-refractivity contribution in [3.8, 4) is 11.5 Å². The van der Waals surface area contributed by atoms with Crippen molar-refractivity contribution in [3.63, 3.8) is 0 Å². The molecule has 1 heterocycles. The Morgan fingerprint density at radius 2 is 1.86 bits per heavy atom. The summed E-state index contributed by atoms with van der Waals surface area (Å²) in [7, 11) is 3.27. The van der Waals surface area contributed by atoms with E-state index in [1.165, 1.54) is 6.42 Å². The van der Waals surface area contributed by atoms with Crippen LogP contribution in [0.4, 0.5) is 0 Å². The molecule has 116 valence electrons. The molecule has 5 nitrogen and oxygen atoms in total. The van der Waals surface area contributed by atoms with Crippen molar-refractivity contribution < 1.29 is 9.47 Å². The van der Waals surface area contributed by atoms with E-state index in [2.05, 4.69) is 29.1 Å². The molecular weight excluding hydrogens is 266 g/mol. The second kappa shape index (κ2) is 7.31. The van der Waals surface area contributed by atoms with Gasteiger partial charge in [0.15, 0.2) is 11.5 Å². The zero-order valence-electron chi connectivity index (χ0n) is 13.3. The van der Waals surface area contributed by atoms with Gasteiger partial charge in [0.2, 0.25) is 0 Å². The molecule has 0 saturated carbocycles. The topological polar surface area (TPSA) is 59.2 Å². The second-order valence-corrected chi connectivity index (χ2v) is 5.59. The average molecular weight is 291 g/mol. The van der Waals surface area contributed by atoms with Crippen molar-refractivity contribution in [2.24, 2.45) is 5.92 Å². The number of aromatic nitrogens is 2. The van der Waals surface area contributed by atoms with Gasteiger partial charge in [-0.1, -0.05) is 13.8 Å². The molecule has 0 fully saturated rings. The SMILES string of the molecule is COc1cc2nc(CCNCCC(C)C)[nH]c2cc1OC. The fourth-order valence-electron chi connectivity index (χ4n) is 2.23. The highest BCUT2D eigenvalue weighted by Gasteiger charge is 2.09. The Balaban J connectivity index is 1.98. The van der Waals surface area contributed by atoms with Crippen LogP contribution < -0.4 is 14.8 Å². The maximum Gasteiger partial charge on any atom is 0.163 e. The minimum atomic E-state index is 0.707. The zero-order valence-corrected chi connectivity index (χ0v) is 13.3. The number of aromatic amines is 1. The maximum absolute atomic E-state index is 5.30. The summed E-state index contributed by atoms with van der Waals surface area (Å²) in [6.07, 6.45) is 2.09. The maximum atomic E-state index is 5.30. The highest BCUT2D eigenvalue weighted by molar-refractivity contribution is 5.79. The molecule has 0 aliphatic rings. The Morgan fingerprint density at radius 3 is 2.52 bits per heavy atom. The van der Waals surface area contributed by atoms with Crippen LogP contribution in [-0.4, -0.2) is 37.3 Å². The summed E-state index contributed by atoms with van der Waals surface area (Å²) in [5, 5.41) is 3.45. The van der Waals surface area contributed by atoms with Crippen LogP contribution in [0, 0.1) is 5.92 Å². The molecule has 0 spiro atoms. The third-order valence-electron chi connectivity index (χ3n) is 3.47. The molecule has 0 radical (unpaired) electrons. The summed E-state index contributed by atoms with van der Waals surface area (Å²) in [4.78, 5) is 7.93. The first-order chi connectivity index (χ1) is 10.1. The van der Waals surface area contributed by atoms with Crippen molar-refractivity contribution >= 4 is 11.0 Å². The lowest BCUT2D eigenvalue weighted by molar-refractivity contribution is 0.356. The lowest BCUT2D eigenvalue weighted by atomic mass is 10.1. The van der Waals surface area contributed by atoms with Gasteiger partial charge in [-0.3, -0.25) is 0 Å². The summed E-state index contributed by atoms with van der Waals surface area (Å²) >= 11 is 0. The molecule has 1 aromatic carbocycles. The normalized spacial score (nSPS) is 11.3.